The standard InChI is InChI=1S/C94H54N4O4/c1-3-15-55(16-4-1)80-54-81(96-94(95-80)56-17-5-2-6-18-56)65-43-66(97-82-35-27-57(61-31-39-90-76(49-61)68-19-7-11-23-86(68)99-90)45-72(82)73-46-58(28-36-83(73)97)62-32-40-91-77(50-62)69-20-8-12-24-87(69)100-91)53-67(44-65)98-84-37-29-59(63-33-41-92-78(51-63)70-21-9-13-25-88(70)101-92)47-74(84)75-48-60(30-38-85(75)98)64-34-42-93-79(52-64)71-22-10-14-26-89(71)102-93/h1-54H. The van der Waals surface area contributed by atoms with Gasteiger partial charge in [0.15, 0.2) is 5.82 Å². The van der Waals surface area contributed by atoms with Crippen LogP contribution in [0, 0.1) is 0 Å². The molecule has 8 heteroatoms. The fourth-order valence-electron chi connectivity index (χ4n) is 16.0. The lowest BCUT2D eigenvalue weighted by molar-refractivity contribution is 0.668. The molecule has 102 heavy (non-hydrogen) atoms. The van der Waals surface area contributed by atoms with E-state index in [1.54, 1.807) is 0 Å². The van der Waals surface area contributed by atoms with Crippen molar-refractivity contribution in [3.05, 3.63) is 328 Å². The van der Waals surface area contributed by atoms with Crippen LogP contribution in [0.1, 0.15) is 0 Å². The van der Waals surface area contributed by atoms with E-state index in [1.165, 1.54) is 0 Å². The SMILES string of the molecule is c1ccc(-c2cc(-c3cc(-n4c5ccc(-c6ccc7oc8ccccc8c7c6)cc5c5cc(-c6ccc7oc8ccccc8c7c6)ccc54)cc(-n4c5ccc(-c6ccc7oc8ccccc8c7c6)cc5c5cc(-c6ccc7oc8ccccc8c7c6)ccc54)c3)nc(-c3ccccc3)n2)cc1. The van der Waals surface area contributed by atoms with Crippen LogP contribution >= 0.6 is 0 Å². The van der Waals surface area contributed by atoms with E-state index in [9.17, 15) is 0 Å². The first kappa shape index (κ1) is 56.2. The number of hydrogen-bond donors (Lipinski definition) is 0. The van der Waals surface area contributed by atoms with Crippen LogP contribution in [0.25, 0.3) is 221 Å². The Balaban J connectivity index is 0.806. The molecular weight excluding hydrogens is 1250 g/mol. The monoisotopic (exact) mass is 1300 g/mol. The van der Waals surface area contributed by atoms with Crippen LogP contribution in [0.15, 0.2) is 345 Å². The van der Waals surface area contributed by atoms with Gasteiger partial charge in [0.05, 0.1) is 33.5 Å². The minimum atomic E-state index is 0.638. The number of furan rings is 4. The van der Waals surface area contributed by atoms with Gasteiger partial charge in [0, 0.05) is 92.7 Å². The predicted molar refractivity (Wildman–Crippen MR) is 418 cm³/mol. The first-order valence-electron chi connectivity index (χ1n) is 34.5. The largest absolute Gasteiger partial charge is 0.456 e. The van der Waals surface area contributed by atoms with E-state index in [-0.39, 0.29) is 0 Å². The molecule has 0 fully saturated rings. The van der Waals surface area contributed by atoms with Crippen LogP contribution in [0.5, 0.6) is 0 Å². The second-order valence-corrected chi connectivity index (χ2v) is 26.8. The summed E-state index contributed by atoms with van der Waals surface area (Å²) in [5.74, 6) is 0.638. The van der Waals surface area contributed by atoms with Crippen molar-refractivity contribution in [3.8, 4) is 89.8 Å². The molecule has 8 nitrogen and oxygen atoms in total. The van der Waals surface area contributed by atoms with Crippen molar-refractivity contribution >= 4 is 131 Å². The van der Waals surface area contributed by atoms with Gasteiger partial charge < -0.3 is 26.8 Å². The lowest BCUT2D eigenvalue weighted by Gasteiger charge is -2.17. The first-order valence-corrected chi connectivity index (χ1v) is 34.5. The molecule has 0 atom stereocenters. The zero-order valence-corrected chi connectivity index (χ0v) is 54.6. The van der Waals surface area contributed by atoms with Gasteiger partial charge in [-0.3, -0.25) is 0 Å². The highest BCUT2D eigenvalue weighted by molar-refractivity contribution is 6.16. The second kappa shape index (κ2) is 21.8. The zero-order valence-electron chi connectivity index (χ0n) is 54.6. The third kappa shape index (κ3) is 8.83. The molecule has 0 amide bonds. The molecule has 0 saturated carbocycles. The molecule has 0 aliphatic rings. The highest BCUT2D eigenvalue weighted by atomic mass is 16.3. The average Bonchev–Trinajstić information content (AvgIpc) is 1.56. The Morgan fingerprint density at radius 2 is 0.441 bits per heavy atom. The van der Waals surface area contributed by atoms with Crippen LogP contribution in [0.3, 0.4) is 0 Å². The number of benzene rings is 15. The van der Waals surface area contributed by atoms with Gasteiger partial charge in [0.2, 0.25) is 0 Å². The van der Waals surface area contributed by atoms with Crippen LogP contribution < -0.4 is 0 Å². The zero-order chi connectivity index (χ0) is 66.7. The Morgan fingerprint density at radius 1 is 0.176 bits per heavy atom. The van der Waals surface area contributed by atoms with Gasteiger partial charge in [-0.15, -0.1) is 0 Å². The quantitative estimate of drug-likeness (QED) is 0.143. The van der Waals surface area contributed by atoms with Crippen molar-refractivity contribution in [1.29, 1.82) is 0 Å². The summed E-state index contributed by atoms with van der Waals surface area (Å²) in [6.07, 6.45) is 0. The van der Waals surface area contributed by atoms with E-state index in [2.05, 4.69) is 276 Å². The van der Waals surface area contributed by atoms with Crippen molar-refractivity contribution in [2.75, 3.05) is 0 Å². The van der Waals surface area contributed by atoms with Crippen molar-refractivity contribution < 1.29 is 17.7 Å². The first-order chi connectivity index (χ1) is 50.5. The summed E-state index contributed by atoms with van der Waals surface area (Å²) in [6.45, 7) is 0. The van der Waals surface area contributed by atoms with Gasteiger partial charge in [-0.25, -0.2) is 9.97 Å². The van der Waals surface area contributed by atoms with Crippen LogP contribution in [0.4, 0.5) is 0 Å². The molecule has 7 heterocycles. The van der Waals surface area contributed by atoms with E-state index in [1.807, 2.05) is 60.7 Å². The van der Waals surface area contributed by atoms with Crippen molar-refractivity contribution in [2.45, 2.75) is 0 Å². The third-order valence-electron chi connectivity index (χ3n) is 20.9. The molecule has 0 N–H and O–H groups in total. The van der Waals surface area contributed by atoms with E-state index in [0.29, 0.717) is 5.82 Å². The fraction of sp³-hybridized carbons (Fsp3) is 0. The summed E-state index contributed by atoms with van der Waals surface area (Å²) >= 11 is 0. The van der Waals surface area contributed by atoms with Crippen molar-refractivity contribution in [3.63, 3.8) is 0 Å². The Labute approximate surface area is 582 Å². The van der Waals surface area contributed by atoms with Crippen LogP contribution in [0.2, 0.25) is 0 Å². The maximum absolute atomic E-state index is 6.37. The molecular formula is C94H54N4O4. The molecule has 0 saturated heterocycles. The van der Waals surface area contributed by atoms with E-state index in [0.717, 1.165) is 215 Å². The van der Waals surface area contributed by atoms with Crippen molar-refractivity contribution in [1.82, 2.24) is 19.1 Å². The molecule has 0 spiro atoms. The number of nitrogens with zero attached hydrogens (tertiary/aromatic N) is 4. The molecule has 22 rings (SSSR count). The molecule has 15 aromatic carbocycles. The summed E-state index contributed by atoms with van der Waals surface area (Å²) in [5.41, 5.74) is 26.4. The summed E-state index contributed by atoms with van der Waals surface area (Å²) in [6, 6.07) is 117. The van der Waals surface area contributed by atoms with Gasteiger partial charge >= 0.3 is 0 Å². The highest BCUT2D eigenvalue weighted by Crippen LogP contribution is 2.45. The Kier molecular flexibility index (Phi) is 12.0. The van der Waals surface area contributed by atoms with E-state index in [4.69, 9.17) is 27.6 Å². The molecule has 474 valence electrons. The normalized spacial score (nSPS) is 12.1. The molecule has 22 aromatic rings. The van der Waals surface area contributed by atoms with E-state index < -0.39 is 0 Å². The van der Waals surface area contributed by atoms with Crippen LogP contribution in [-0.2, 0) is 0 Å². The number of hydrogen-bond acceptors (Lipinski definition) is 6. The Hall–Kier alpha value is -13.8. The van der Waals surface area contributed by atoms with Gasteiger partial charge in [-0.2, -0.15) is 0 Å². The molecule has 0 radical (unpaired) electrons. The van der Waals surface area contributed by atoms with Gasteiger partial charge in [0.1, 0.15) is 44.7 Å². The maximum atomic E-state index is 6.37. The molecule has 7 aromatic heterocycles. The Bertz CT molecular complexity index is 6500. The lowest BCUT2D eigenvalue weighted by atomic mass is 9.98. The van der Waals surface area contributed by atoms with Crippen LogP contribution in [-0.4, -0.2) is 19.1 Å². The van der Waals surface area contributed by atoms with Gasteiger partial charge in [-0.05, 0) is 190 Å². The number of rotatable bonds is 9. The maximum Gasteiger partial charge on any atom is 0.160 e. The summed E-state index contributed by atoms with van der Waals surface area (Å²) < 4.78 is 30.4. The number of para-hydroxylation sites is 4. The summed E-state index contributed by atoms with van der Waals surface area (Å²) in [4.78, 5) is 10.9. The second-order valence-electron chi connectivity index (χ2n) is 26.8. The fourth-order valence-corrected chi connectivity index (χ4v) is 16.0. The average molecular weight is 1300 g/mol. The topological polar surface area (TPSA) is 88.2 Å². The minimum absolute atomic E-state index is 0.638. The summed E-state index contributed by atoms with van der Waals surface area (Å²) in [7, 11) is 0. The summed E-state index contributed by atoms with van der Waals surface area (Å²) in [5, 5.41) is 13.2. The number of aromatic nitrogens is 4. The predicted octanol–water partition coefficient (Wildman–Crippen LogP) is 25.9. The molecule has 0 aliphatic carbocycles. The smallest absolute Gasteiger partial charge is 0.160 e. The third-order valence-corrected chi connectivity index (χ3v) is 20.9. The minimum Gasteiger partial charge on any atom is -0.456 e. The molecule has 0 bridgehead atoms. The lowest BCUT2D eigenvalue weighted by Crippen LogP contribution is -2.02. The highest BCUT2D eigenvalue weighted by Gasteiger charge is 2.23. The molecule has 0 unspecified atom stereocenters. The van der Waals surface area contributed by atoms with Gasteiger partial charge in [0.25, 0.3) is 0 Å². The number of fused-ring (bicyclic) bond motifs is 18. The Morgan fingerprint density at radius 3 is 0.775 bits per heavy atom. The molecule has 0 aliphatic heterocycles. The van der Waals surface area contributed by atoms with Crippen molar-refractivity contribution in [2.24, 2.45) is 0 Å². The van der Waals surface area contributed by atoms with Gasteiger partial charge in [-0.1, -0.05) is 182 Å². The van der Waals surface area contributed by atoms with E-state index >= 15 is 0 Å².